The Kier molecular flexibility index (Phi) is 5.58. The van der Waals surface area contributed by atoms with Gasteiger partial charge in [0.15, 0.2) is 0 Å². The highest BCUT2D eigenvalue weighted by Gasteiger charge is 2.19. The SMILES string of the molecule is CCNCc1ccc(S(=O)(=O)NCCC(C)(C)C)o1. The van der Waals surface area contributed by atoms with Gasteiger partial charge in [0.05, 0.1) is 6.54 Å². The maximum atomic E-state index is 12.0. The third kappa shape index (κ3) is 5.76. The molecule has 2 N–H and O–H groups in total. The number of hydrogen-bond donors (Lipinski definition) is 2. The van der Waals surface area contributed by atoms with Crippen LogP contribution in [0, 0.1) is 5.41 Å². The summed E-state index contributed by atoms with van der Waals surface area (Å²) in [7, 11) is -3.53. The molecule has 0 aliphatic carbocycles. The fraction of sp³-hybridized carbons (Fsp3) is 0.692. The predicted molar refractivity (Wildman–Crippen MR) is 75.3 cm³/mol. The van der Waals surface area contributed by atoms with Gasteiger partial charge in [0.25, 0.3) is 10.0 Å². The fourth-order valence-electron chi connectivity index (χ4n) is 1.48. The fourth-order valence-corrected chi connectivity index (χ4v) is 2.45. The molecule has 0 atom stereocenters. The first-order chi connectivity index (χ1) is 8.74. The van der Waals surface area contributed by atoms with E-state index in [-0.39, 0.29) is 10.5 Å². The zero-order valence-corrected chi connectivity index (χ0v) is 12.9. The summed E-state index contributed by atoms with van der Waals surface area (Å²) in [5.74, 6) is 0.623. The van der Waals surface area contributed by atoms with Crippen molar-refractivity contribution in [2.45, 2.75) is 45.8 Å². The van der Waals surface area contributed by atoms with E-state index in [1.165, 1.54) is 6.07 Å². The number of rotatable bonds is 7. The van der Waals surface area contributed by atoms with E-state index in [1.807, 2.05) is 6.92 Å². The van der Waals surface area contributed by atoms with E-state index in [9.17, 15) is 8.42 Å². The molecule has 1 rings (SSSR count). The van der Waals surface area contributed by atoms with Crippen molar-refractivity contribution >= 4 is 10.0 Å². The lowest BCUT2D eigenvalue weighted by molar-refractivity contribution is 0.373. The molecule has 0 amide bonds. The molecule has 0 unspecified atom stereocenters. The molecule has 1 aromatic heterocycles. The second-order valence-electron chi connectivity index (χ2n) is 5.71. The van der Waals surface area contributed by atoms with E-state index in [0.29, 0.717) is 18.8 Å². The summed E-state index contributed by atoms with van der Waals surface area (Å²) >= 11 is 0. The monoisotopic (exact) mass is 288 g/mol. The van der Waals surface area contributed by atoms with Crippen LogP contribution in [0.1, 0.15) is 39.9 Å². The van der Waals surface area contributed by atoms with E-state index in [0.717, 1.165) is 13.0 Å². The van der Waals surface area contributed by atoms with Crippen LogP contribution in [-0.2, 0) is 16.6 Å². The molecule has 6 heteroatoms. The lowest BCUT2D eigenvalue weighted by Gasteiger charge is -2.17. The van der Waals surface area contributed by atoms with Gasteiger partial charge >= 0.3 is 0 Å². The molecule has 0 radical (unpaired) electrons. The number of furan rings is 1. The minimum Gasteiger partial charge on any atom is -0.447 e. The van der Waals surface area contributed by atoms with Crippen LogP contribution in [0.25, 0.3) is 0 Å². The topological polar surface area (TPSA) is 71.3 Å². The van der Waals surface area contributed by atoms with Gasteiger partial charge in [-0.1, -0.05) is 27.7 Å². The Hall–Kier alpha value is -0.850. The van der Waals surface area contributed by atoms with Crippen molar-refractivity contribution in [1.29, 1.82) is 0 Å². The lowest BCUT2D eigenvalue weighted by Crippen LogP contribution is -2.27. The summed E-state index contributed by atoms with van der Waals surface area (Å²) in [5.41, 5.74) is 0.0991. The summed E-state index contributed by atoms with van der Waals surface area (Å²) in [5, 5.41) is 3.06. The van der Waals surface area contributed by atoms with Gasteiger partial charge < -0.3 is 9.73 Å². The average molecular weight is 288 g/mol. The summed E-state index contributed by atoms with van der Waals surface area (Å²) in [6, 6.07) is 3.17. The van der Waals surface area contributed by atoms with Crippen LogP contribution in [0.3, 0.4) is 0 Å². The lowest BCUT2D eigenvalue weighted by atomic mass is 9.93. The van der Waals surface area contributed by atoms with Crippen molar-refractivity contribution in [1.82, 2.24) is 10.0 Å². The van der Waals surface area contributed by atoms with Crippen LogP contribution in [-0.4, -0.2) is 21.5 Å². The molecule has 0 spiro atoms. The van der Waals surface area contributed by atoms with Gasteiger partial charge in [0.2, 0.25) is 5.09 Å². The number of nitrogens with one attached hydrogen (secondary N) is 2. The van der Waals surface area contributed by atoms with Crippen LogP contribution >= 0.6 is 0 Å². The molecule has 0 fully saturated rings. The molecule has 0 bridgehead atoms. The van der Waals surface area contributed by atoms with Crippen LogP contribution in [0.4, 0.5) is 0 Å². The van der Waals surface area contributed by atoms with Crippen molar-refractivity contribution < 1.29 is 12.8 Å². The zero-order chi connectivity index (χ0) is 14.5. The van der Waals surface area contributed by atoms with E-state index >= 15 is 0 Å². The Bertz CT molecular complexity index is 486. The smallest absolute Gasteiger partial charge is 0.273 e. The minimum atomic E-state index is -3.53. The average Bonchev–Trinajstić information content (AvgIpc) is 2.73. The molecule has 0 saturated heterocycles. The van der Waals surface area contributed by atoms with Gasteiger partial charge in [0.1, 0.15) is 5.76 Å². The highest BCUT2D eigenvalue weighted by Crippen LogP contribution is 2.18. The third-order valence-electron chi connectivity index (χ3n) is 2.62. The quantitative estimate of drug-likeness (QED) is 0.806. The Morgan fingerprint density at radius 3 is 2.53 bits per heavy atom. The third-order valence-corrected chi connectivity index (χ3v) is 3.95. The molecular formula is C13H24N2O3S. The largest absolute Gasteiger partial charge is 0.447 e. The van der Waals surface area contributed by atoms with Crippen molar-refractivity contribution in [2.24, 2.45) is 5.41 Å². The first kappa shape index (κ1) is 16.2. The van der Waals surface area contributed by atoms with E-state index in [1.54, 1.807) is 6.07 Å². The van der Waals surface area contributed by atoms with Gasteiger partial charge in [-0.2, -0.15) is 0 Å². The second kappa shape index (κ2) is 6.54. The normalized spacial score (nSPS) is 12.8. The Morgan fingerprint density at radius 1 is 1.26 bits per heavy atom. The van der Waals surface area contributed by atoms with E-state index in [2.05, 4.69) is 30.8 Å². The molecule has 19 heavy (non-hydrogen) atoms. The number of hydrogen-bond acceptors (Lipinski definition) is 4. The van der Waals surface area contributed by atoms with Crippen LogP contribution in [0.2, 0.25) is 0 Å². The highest BCUT2D eigenvalue weighted by atomic mass is 32.2. The van der Waals surface area contributed by atoms with E-state index < -0.39 is 10.0 Å². The van der Waals surface area contributed by atoms with Crippen LogP contribution in [0.5, 0.6) is 0 Å². The molecule has 0 saturated carbocycles. The summed E-state index contributed by atoms with van der Waals surface area (Å²) < 4.78 is 31.8. The molecule has 5 nitrogen and oxygen atoms in total. The van der Waals surface area contributed by atoms with Gasteiger partial charge in [-0.05, 0) is 30.5 Å². The molecule has 0 aliphatic heterocycles. The van der Waals surface area contributed by atoms with Crippen molar-refractivity contribution in [3.05, 3.63) is 17.9 Å². The predicted octanol–water partition coefficient (Wildman–Crippen LogP) is 2.10. The van der Waals surface area contributed by atoms with E-state index in [4.69, 9.17) is 4.42 Å². The molecule has 1 aromatic rings. The zero-order valence-electron chi connectivity index (χ0n) is 12.1. The summed E-state index contributed by atoms with van der Waals surface area (Å²) in [6.07, 6.45) is 0.775. The minimum absolute atomic E-state index is 0.0192. The van der Waals surface area contributed by atoms with Gasteiger partial charge in [-0.25, -0.2) is 13.1 Å². The van der Waals surface area contributed by atoms with Crippen LogP contribution < -0.4 is 10.0 Å². The van der Waals surface area contributed by atoms with Crippen molar-refractivity contribution in [3.63, 3.8) is 0 Å². The van der Waals surface area contributed by atoms with Gasteiger partial charge in [0, 0.05) is 6.54 Å². The Morgan fingerprint density at radius 2 is 1.95 bits per heavy atom. The Labute approximate surface area is 115 Å². The highest BCUT2D eigenvalue weighted by molar-refractivity contribution is 7.89. The maximum absolute atomic E-state index is 12.0. The molecule has 0 aromatic carbocycles. The van der Waals surface area contributed by atoms with Crippen molar-refractivity contribution in [2.75, 3.05) is 13.1 Å². The van der Waals surface area contributed by atoms with Crippen molar-refractivity contribution in [3.8, 4) is 0 Å². The molecule has 110 valence electrons. The standard InChI is InChI=1S/C13H24N2O3S/c1-5-14-10-11-6-7-12(18-11)19(16,17)15-9-8-13(2,3)4/h6-7,14-15H,5,8-10H2,1-4H3. The Balaban J connectivity index is 2.59. The molecule has 1 heterocycles. The molecular weight excluding hydrogens is 264 g/mol. The maximum Gasteiger partial charge on any atom is 0.273 e. The first-order valence-electron chi connectivity index (χ1n) is 6.54. The molecule has 0 aliphatic rings. The first-order valence-corrected chi connectivity index (χ1v) is 8.02. The van der Waals surface area contributed by atoms with Gasteiger partial charge in [-0.15, -0.1) is 0 Å². The second-order valence-corrected chi connectivity index (χ2v) is 7.41. The summed E-state index contributed by atoms with van der Waals surface area (Å²) in [4.78, 5) is 0. The van der Waals surface area contributed by atoms with Gasteiger partial charge in [-0.3, -0.25) is 0 Å². The number of sulfonamides is 1. The van der Waals surface area contributed by atoms with Crippen LogP contribution in [0.15, 0.2) is 21.6 Å². The summed E-state index contributed by atoms with van der Waals surface area (Å²) in [6.45, 7) is 9.96.